The van der Waals surface area contributed by atoms with Crippen molar-refractivity contribution in [2.75, 3.05) is 12.4 Å². The minimum absolute atomic E-state index is 0.0502. The Morgan fingerprint density at radius 2 is 2.22 bits per heavy atom. The third kappa shape index (κ3) is 2.57. The lowest BCUT2D eigenvalue weighted by molar-refractivity contribution is 0.0600. The smallest absolute Gasteiger partial charge is 0.337 e. The Hall–Kier alpha value is -2.15. The van der Waals surface area contributed by atoms with Gasteiger partial charge in [0.1, 0.15) is 10.8 Å². The summed E-state index contributed by atoms with van der Waals surface area (Å²) in [6.45, 7) is 1.84. The van der Waals surface area contributed by atoms with Gasteiger partial charge in [0.15, 0.2) is 0 Å². The quantitative estimate of drug-likeness (QED) is 0.653. The maximum Gasteiger partial charge on any atom is 0.337 e. The van der Waals surface area contributed by atoms with E-state index in [2.05, 4.69) is 20.3 Å². The Bertz CT molecular complexity index is 583. The maximum absolute atomic E-state index is 11.3. The van der Waals surface area contributed by atoms with Crippen molar-refractivity contribution in [2.45, 2.75) is 6.92 Å². The minimum atomic E-state index is -0.497. The number of hydrogen-bond acceptors (Lipinski definition) is 7. The van der Waals surface area contributed by atoms with E-state index in [4.69, 9.17) is 0 Å². The Kier molecular flexibility index (Phi) is 3.42. The largest absolute Gasteiger partial charge is 0.506 e. The van der Waals surface area contributed by atoms with Crippen molar-refractivity contribution < 1.29 is 14.6 Å². The van der Waals surface area contributed by atoms with Gasteiger partial charge in [-0.05, 0) is 25.1 Å². The number of phenolic OH excluding ortho intramolecular Hbond substituents is 1. The molecule has 0 aliphatic heterocycles. The third-order valence-electron chi connectivity index (χ3n) is 2.19. The second-order valence-corrected chi connectivity index (χ2v) is 4.66. The van der Waals surface area contributed by atoms with Gasteiger partial charge >= 0.3 is 5.97 Å². The number of aryl methyl sites for hydroxylation is 1. The second kappa shape index (κ2) is 5.01. The predicted octanol–water partition coefficient (Wildman–Crippen LogP) is 2.08. The number of ether oxygens (including phenoxy) is 1. The van der Waals surface area contributed by atoms with E-state index < -0.39 is 5.97 Å². The van der Waals surface area contributed by atoms with Gasteiger partial charge in [-0.15, -0.1) is 10.2 Å². The summed E-state index contributed by atoms with van der Waals surface area (Å²) in [7, 11) is 1.29. The van der Waals surface area contributed by atoms with Crippen molar-refractivity contribution in [3.63, 3.8) is 0 Å². The van der Waals surface area contributed by atoms with Crippen LogP contribution in [0.3, 0.4) is 0 Å². The molecule has 0 fully saturated rings. The van der Waals surface area contributed by atoms with Crippen molar-refractivity contribution in [1.82, 2.24) is 10.2 Å². The normalized spacial score (nSPS) is 10.1. The monoisotopic (exact) mass is 265 g/mol. The molecule has 0 spiro atoms. The number of phenols is 1. The molecule has 0 saturated carbocycles. The lowest BCUT2D eigenvalue weighted by Crippen LogP contribution is -2.01. The first kappa shape index (κ1) is 12.3. The number of benzene rings is 1. The molecule has 0 aliphatic rings. The zero-order valence-corrected chi connectivity index (χ0v) is 10.6. The fraction of sp³-hybridized carbons (Fsp3) is 0.182. The highest BCUT2D eigenvalue weighted by atomic mass is 32.1. The van der Waals surface area contributed by atoms with Gasteiger partial charge in [-0.25, -0.2) is 4.79 Å². The molecule has 18 heavy (non-hydrogen) atoms. The molecule has 0 radical (unpaired) electrons. The van der Waals surface area contributed by atoms with E-state index in [-0.39, 0.29) is 11.3 Å². The molecule has 1 aromatic heterocycles. The summed E-state index contributed by atoms with van der Waals surface area (Å²) >= 11 is 1.37. The van der Waals surface area contributed by atoms with Crippen molar-refractivity contribution in [1.29, 1.82) is 0 Å². The van der Waals surface area contributed by atoms with Gasteiger partial charge in [-0.3, -0.25) is 0 Å². The van der Waals surface area contributed by atoms with Gasteiger partial charge in [0.25, 0.3) is 0 Å². The number of nitrogens with zero attached hydrogens (tertiary/aromatic N) is 2. The molecule has 1 aromatic carbocycles. The molecule has 94 valence electrons. The number of nitrogens with one attached hydrogen (secondary N) is 1. The summed E-state index contributed by atoms with van der Waals surface area (Å²) in [4.78, 5) is 11.3. The Balaban J connectivity index is 2.22. The van der Waals surface area contributed by atoms with Crippen LogP contribution in [0.1, 0.15) is 15.4 Å². The van der Waals surface area contributed by atoms with E-state index in [1.54, 1.807) is 12.1 Å². The molecule has 2 N–H and O–H groups in total. The second-order valence-electron chi connectivity index (χ2n) is 3.47. The standard InChI is InChI=1S/C11H11N3O3S/c1-6-13-14-11(18-6)12-8-4-3-7(5-9(8)15)10(16)17-2/h3-5,15H,1-2H3,(H,12,14). The third-order valence-corrected chi connectivity index (χ3v) is 2.94. The van der Waals surface area contributed by atoms with Crippen molar-refractivity contribution >= 4 is 28.1 Å². The number of aromatic hydroxyl groups is 1. The zero-order valence-electron chi connectivity index (χ0n) is 9.80. The van der Waals surface area contributed by atoms with Gasteiger partial charge in [0, 0.05) is 0 Å². The minimum Gasteiger partial charge on any atom is -0.506 e. The van der Waals surface area contributed by atoms with Crippen LogP contribution >= 0.6 is 11.3 Å². The molecule has 1 heterocycles. The van der Waals surface area contributed by atoms with E-state index in [0.29, 0.717) is 10.8 Å². The summed E-state index contributed by atoms with van der Waals surface area (Å²) in [6, 6.07) is 4.47. The molecule has 0 atom stereocenters. The summed E-state index contributed by atoms with van der Waals surface area (Å²) in [5.74, 6) is -0.547. The molecule has 2 rings (SSSR count). The molecule has 0 amide bonds. The number of methoxy groups -OCH3 is 1. The molecule has 0 bridgehead atoms. The van der Waals surface area contributed by atoms with Gasteiger partial charge in [-0.2, -0.15) is 0 Å². The molecule has 0 saturated heterocycles. The topological polar surface area (TPSA) is 84.3 Å². The van der Waals surface area contributed by atoms with Gasteiger partial charge in [0.2, 0.25) is 5.13 Å². The first-order valence-corrected chi connectivity index (χ1v) is 5.90. The molecule has 0 unspecified atom stereocenters. The molecule has 7 heteroatoms. The van der Waals surface area contributed by atoms with Crippen molar-refractivity contribution in [3.8, 4) is 5.75 Å². The Morgan fingerprint density at radius 1 is 1.44 bits per heavy atom. The Morgan fingerprint density at radius 3 is 2.78 bits per heavy atom. The molecule has 0 aliphatic carbocycles. The number of carbonyl (C=O) groups excluding carboxylic acids is 1. The van der Waals surface area contributed by atoms with Crippen LogP contribution in [0.2, 0.25) is 0 Å². The average molecular weight is 265 g/mol. The van der Waals surface area contributed by atoms with Crippen LogP contribution in [0.5, 0.6) is 5.75 Å². The number of rotatable bonds is 3. The molecular weight excluding hydrogens is 254 g/mol. The van der Waals surface area contributed by atoms with Crippen molar-refractivity contribution in [2.24, 2.45) is 0 Å². The first-order chi connectivity index (χ1) is 8.60. The van der Waals surface area contributed by atoms with E-state index in [0.717, 1.165) is 5.01 Å². The highest BCUT2D eigenvalue weighted by Gasteiger charge is 2.10. The summed E-state index contributed by atoms with van der Waals surface area (Å²) < 4.78 is 4.56. The molecule has 2 aromatic rings. The van der Waals surface area contributed by atoms with Gasteiger partial charge in [-0.1, -0.05) is 11.3 Å². The van der Waals surface area contributed by atoms with Crippen LogP contribution in [0.25, 0.3) is 0 Å². The number of carbonyl (C=O) groups is 1. The lowest BCUT2D eigenvalue weighted by Gasteiger charge is -2.06. The highest BCUT2D eigenvalue weighted by molar-refractivity contribution is 7.15. The number of esters is 1. The van der Waals surface area contributed by atoms with Crippen LogP contribution in [0.4, 0.5) is 10.8 Å². The van der Waals surface area contributed by atoms with Crippen LogP contribution in [0, 0.1) is 6.92 Å². The zero-order chi connectivity index (χ0) is 13.1. The Labute approximate surface area is 107 Å². The van der Waals surface area contributed by atoms with E-state index >= 15 is 0 Å². The van der Waals surface area contributed by atoms with Crippen LogP contribution < -0.4 is 5.32 Å². The van der Waals surface area contributed by atoms with E-state index in [1.165, 1.54) is 24.5 Å². The van der Waals surface area contributed by atoms with Gasteiger partial charge < -0.3 is 15.2 Å². The first-order valence-electron chi connectivity index (χ1n) is 5.08. The highest BCUT2D eigenvalue weighted by Crippen LogP contribution is 2.29. The summed E-state index contributed by atoms with van der Waals surface area (Å²) in [6.07, 6.45) is 0. The summed E-state index contributed by atoms with van der Waals surface area (Å²) in [5, 5.41) is 21.8. The van der Waals surface area contributed by atoms with Crippen LogP contribution in [-0.4, -0.2) is 28.4 Å². The predicted molar refractivity (Wildman–Crippen MR) is 67.4 cm³/mol. The maximum atomic E-state index is 11.3. The number of aromatic nitrogens is 2. The summed E-state index contributed by atoms with van der Waals surface area (Å²) in [5.41, 5.74) is 0.743. The van der Waals surface area contributed by atoms with E-state index in [9.17, 15) is 9.90 Å². The lowest BCUT2D eigenvalue weighted by atomic mass is 10.2. The van der Waals surface area contributed by atoms with Crippen LogP contribution in [-0.2, 0) is 4.74 Å². The van der Waals surface area contributed by atoms with Gasteiger partial charge in [0.05, 0.1) is 18.4 Å². The SMILES string of the molecule is COC(=O)c1ccc(Nc2nnc(C)s2)c(O)c1. The number of hydrogen-bond donors (Lipinski definition) is 2. The van der Waals surface area contributed by atoms with Crippen molar-refractivity contribution in [3.05, 3.63) is 28.8 Å². The van der Waals surface area contributed by atoms with E-state index in [1.807, 2.05) is 6.92 Å². The van der Waals surface area contributed by atoms with Crippen LogP contribution in [0.15, 0.2) is 18.2 Å². The fourth-order valence-corrected chi connectivity index (χ4v) is 1.95. The molecule has 6 nitrogen and oxygen atoms in total. The molecular formula is C11H11N3O3S. The fourth-order valence-electron chi connectivity index (χ4n) is 1.34. The number of anilines is 2. The average Bonchev–Trinajstić information content (AvgIpc) is 2.76.